The highest BCUT2D eigenvalue weighted by Gasteiger charge is 2.03. The van der Waals surface area contributed by atoms with Crippen LogP contribution in [0.4, 0.5) is 10.1 Å². The first kappa shape index (κ1) is 15.4. The van der Waals surface area contributed by atoms with Gasteiger partial charge in [-0.05, 0) is 49.3 Å². The Bertz CT molecular complexity index is 466. The van der Waals surface area contributed by atoms with Crippen LogP contribution in [0.1, 0.15) is 18.4 Å². The first-order valence-electron chi connectivity index (χ1n) is 5.90. The van der Waals surface area contributed by atoms with Crippen molar-refractivity contribution in [1.29, 1.82) is 0 Å². The molecule has 0 aliphatic rings. The van der Waals surface area contributed by atoms with Gasteiger partial charge in [-0.25, -0.2) is 4.39 Å². The van der Waals surface area contributed by atoms with E-state index in [2.05, 4.69) is 15.4 Å². The molecule has 4 nitrogen and oxygen atoms in total. The van der Waals surface area contributed by atoms with Crippen LogP contribution in [0.15, 0.2) is 18.2 Å². The number of halogens is 1. The summed E-state index contributed by atoms with van der Waals surface area (Å²) >= 11 is 5.10. The van der Waals surface area contributed by atoms with Crippen molar-refractivity contribution >= 4 is 29.0 Å². The first-order chi connectivity index (χ1) is 9.02. The van der Waals surface area contributed by atoms with Crippen LogP contribution in [0.25, 0.3) is 0 Å². The second-order valence-electron chi connectivity index (χ2n) is 4.02. The topological polar surface area (TPSA) is 50.4 Å². The van der Waals surface area contributed by atoms with E-state index in [4.69, 9.17) is 12.2 Å². The molecule has 0 saturated heterocycles. The van der Waals surface area contributed by atoms with Crippen molar-refractivity contribution in [3.8, 4) is 0 Å². The normalized spacial score (nSPS) is 9.84. The van der Waals surface area contributed by atoms with Crippen LogP contribution < -0.4 is 10.6 Å². The highest BCUT2D eigenvalue weighted by molar-refractivity contribution is 7.80. The zero-order chi connectivity index (χ0) is 14.3. The Morgan fingerprint density at radius 1 is 1.47 bits per heavy atom. The van der Waals surface area contributed by atoms with Gasteiger partial charge in [0, 0.05) is 18.7 Å². The molecule has 1 aromatic carbocycles. The summed E-state index contributed by atoms with van der Waals surface area (Å²) in [5.74, 6) is -0.518. The van der Waals surface area contributed by atoms with Crippen molar-refractivity contribution < 1.29 is 13.9 Å². The number of aryl methyl sites for hydroxylation is 1. The SMILES string of the molecule is COC(=O)CCCNC(=S)Nc1ccc(F)cc1C. The molecular formula is C13H17FN2O2S. The first-order valence-corrected chi connectivity index (χ1v) is 6.31. The van der Waals surface area contributed by atoms with E-state index in [0.29, 0.717) is 24.5 Å². The number of hydrogen-bond acceptors (Lipinski definition) is 3. The van der Waals surface area contributed by atoms with Gasteiger partial charge in [-0.2, -0.15) is 0 Å². The summed E-state index contributed by atoms with van der Waals surface area (Å²) in [6, 6.07) is 4.44. The third-order valence-electron chi connectivity index (χ3n) is 2.51. The smallest absolute Gasteiger partial charge is 0.305 e. The third-order valence-corrected chi connectivity index (χ3v) is 2.75. The molecule has 19 heavy (non-hydrogen) atoms. The standard InChI is InChI=1S/C13H17FN2O2S/c1-9-8-10(14)5-6-11(9)16-13(19)15-7-3-4-12(17)18-2/h5-6,8H,3-4,7H2,1-2H3,(H2,15,16,19). The third kappa shape index (κ3) is 5.65. The van der Waals surface area contributed by atoms with E-state index in [0.717, 1.165) is 11.3 Å². The Hall–Kier alpha value is -1.69. The molecule has 1 aromatic rings. The zero-order valence-corrected chi connectivity index (χ0v) is 11.8. The molecule has 0 radical (unpaired) electrons. The summed E-state index contributed by atoms with van der Waals surface area (Å²) in [4.78, 5) is 10.9. The molecule has 0 unspecified atom stereocenters. The Labute approximate surface area is 117 Å². The highest BCUT2D eigenvalue weighted by atomic mass is 32.1. The van der Waals surface area contributed by atoms with Crippen molar-refractivity contribution in [3.05, 3.63) is 29.6 Å². The number of carbonyl (C=O) groups is 1. The molecule has 1 rings (SSSR count). The van der Waals surface area contributed by atoms with Crippen LogP contribution in [0.2, 0.25) is 0 Å². The second-order valence-corrected chi connectivity index (χ2v) is 4.43. The summed E-state index contributed by atoms with van der Waals surface area (Å²) in [6.07, 6.45) is 0.985. The van der Waals surface area contributed by atoms with E-state index in [1.54, 1.807) is 13.0 Å². The van der Waals surface area contributed by atoms with Crippen molar-refractivity contribution in [1.82, 2.24) is 5.32 Å². The van der Waals surface area contributed by atoms with Gasteiger partial charge in [-0.15, -0.1) is 0 Å². The quantitative estimate of drug-likeness (QED) is 0.494. The van der Waals surface area contributed by atoms with Gasteiger partial charge in [0.2, 0.25) is 0 Å². The van der Waals surface area contributed by atoms with Crippen molar-refractivity contribution in [2.75, 3.05) is 19.0 Å². The number of ether oxygens (including phenoxy) is 1. The van der Waals surface area contributed by atoms with Crippen LogP contribution in [0.3, 0.4) is 0 Å². The molecule has 0 spiro atoms. The van der Waals surface area contributed by atoms with E-state index in [1.165, 1.54) is 19.2 Å². The fourth-order valence-electron chi connectivity index (χ4n) is 1.47. The molecule has 0 saturated carbocycles. The molecule has 0 aliphatic carbocycles. The van der Waals surface area contributed by atoms with Crippen LogP contribution >= 0.6 is 12.2 Å². The van der Waals surface area contributed by atoms with Crippen LogP contribution in [0.5, 0.6) is 0 Å². The fraction of sp³-hybridized carbons (Fsp3) is 0.385. The Morgan fingerprint density at radius 3 is 2.84 bits per heavy atom. The lowest BCUT2D eigenvalue weighted by Gasteiger charge is -2.12. The van der Waals surface area contributed by atoms with Crippen molar-refractivity contribution in [3.63, 3.8) is 0 Å². The molecule has 0 aromatic heterocycles. The highest BCUT2D eigenvalue weighted by Crippen LogP contribution is 2.15. The van der Waals surface area contributed by atoms with E-state index < -0.39 is 0 Å². The fourth-order valence-corrected chi connectivity index (χ4v) is 1.68. The maximum Gasteiger partial charge on any atom is 0.305 e. The molecule has 0 aliphatic heterocycles. The Balaban J connectivity index is 2.33. The van der Waals surface area contributed by atoms with Gasteiger partial charge in [0.15, 0.2) is 5.11 Å². The van der Waals surface area contributed by atoms with E-state index in [9.17, 15) is 9.18 Å². The maximum absolute atomic E-state index is 12.9. The van der Waals surface area contributed by atoms with E-state index in [1.807, 2.05) is 0 Å². The van der Waals surface area contributed by atoms with Gasteiger partial charge in [0.25, 0.3) is 0 Å². The average Bonchev–Trinajstić information content (AvgIpc) is 2.37. The van der Waals surface area contributed by atoms with Crippen molar-refractivity contribution in [2.24, 2.45) is 0 Å². The van der Waals surface area contributed by atoms with Gasteiger partial charge < -0.3 is 15.4 Å². The zero-order valence-electron chi connectivity index (χ0n) is 11.0. The van der Waals surface area contributed by atoms with E-state index in [-0.39, 0.29) is 11.8 Å². The molecule has 0 bridgehead atoms. The lowest BCUT2D eigenvalue weighted by molar-refractivity contribution is -0.140. The lowest BCUT2D eigenvalue weighted by atomic mass is 10.2. The molecule has 0 fully saturated rings. The van der Waals surface area contributed by atoms with Gasteiger partial charge >= 0.3 is 5.97 Å². The summed E-state index contributed by atoms with van der Waals surface area (Å²) in [6.45, 7) is 2.37. The summed E-state index contributed by atoms with van der Waals surface area (Å²) in [5, 5.41) is 6.39. The lowest BCUT2D eigenvalue weighted by Crippen LogP contribution is -2.29. The average molecular weight is 284 g/mol. The number of hydrogen-bond donors (Lipinski definition) is 2. The summed E-state index contributed by atoms with van der Waals surface area (Å²) < 4.78 is 17.5. The maximum atomic E-state index is 12.9. The summed E-state index contributed by atoms with van der Waals surface area (Å²) in [7, 11) is 1.36. The molecule has 0 atom stereocenters. The minimum atomic E-state index is -0.278. The van der Waals surface area contributed by atoms with E-state index >= 15 is 0 Å². The number of carbonyl (C=O) groups excluding carboxylic acids is 1. The van der Waals surface area contributed by atoms with Crippen LogP contribution in [-0.4, -0.2) is 24.7 Å². The molecular weight excluding hydrogens is 267 g/mol. The molecule has 6 heteroatoms. The number of benzene rings is 1. The number of esters is 1. The number of methoxy groups -OCH3 is 1. The Morgan fingerprint density at radius 2 is 2.21 bits per heavy atom. The van der Waals surface area contributed by atoms with Crippen LogP contribution in [0, 0.1) is 12.7 Å². The van der Waals surface area contributed by atoms with Gasteiger partial charge in [0.1, 0.15) is 5.82 Å². The monoisotopic (exact) mass is 284 g/mol. The predicted octanol–water partition coefficient (Wildman–Crippen LogP) is 2.37. The molecule has 0 amide bonds. The number of nitrogens with one attached hydrogen (secondary N) is 2. The minimum absolute atomic E-state index is 0.241. The Kier molecular flexibility index (Phi) is 6.21. The predicted molar refractivity (Wildman–Crippen MR) is 76.6 cm³/mol. The number of thiocarbonyl (C=S) groups is 1. The number of rotatable bonds is 5. The molecule has 104 valence electrons. The molecule has 0 heterocycles. The van der Waals surface area contributed by atoms with Crippen molar-refractivity contribution in [2.45, 2.75) is 19.8 Å². The minimum Gasteiger partial charge on any atom is -0.469 e. The molecule has 2 N–H and O–H groups in total. The summed E-state index contributed by atoms with van der Waals surface area (Å²) in [5.41, 5.74) is 1.53. The van der Waals surface area contributed by atoms with Gasteiger partial charge in [-0.1, -0.05) is 0 Å². The number of anilines is 1. The van der Waals surface area contributed by atoms with Crippen LogP contribution in [-0.2, 0) is 9.53 Å². The van der Waals surface area contributed by atoms with Gasteiger partial charge in [0.05, 0.1) is 7.11 Å². The largest absolute Gasteiger partial charge is 0.469 e. The second kappa shape index (κ2) is 7.68. The van der Waals surface area contributed by atoms with Gasteiger partial charge in [-0.3, -0.25) is 4.79 Å².